The molecule has 0 aromatic carbocycles. The summed E-state index contributed by atoms with van der Waals surface area (Å²) in [5, 5.41) is 0. The second kappa shape index (κ2) is 11.4. The molecule has 19 heavy (non-hydrogen) atoms. The van der Waals surface area contributed by atoms with Gasteiger partial charge in [0.1, 0.15) is 5.78 Å². The summed E-state index contributed by atoms with van der Waals surface area (Å²) in [4.78, 5) is 11.4. The van der Waals surface area contributed by atoms with E-state index in [0.29, 0.717) is 0 Å². The minimum atomic E-state index is -0.107. The van der Waals surface area contributed by atoms with Crippen LogP contribution in [0.15, 0.2) is 0 Å². The van der Waals surface area contributed by atoms with Gasteiger partial charge in [-0.05, 0) is 31.2 Å². The van der Waals surface area contributed by atoms with Crippen LogP contribution < -0.4 is 10.9 Å². The van der Waals surface area contributed by atoms with Gasteiger partial charge in [0, 0.05) is 0 Å². The Kier molecular flexibility index (Phi) is 14.2. The van der Waals surface area contributed by atoms with E-state index in [1.165, 1.54) is 0 Å². The van der Waals surface area contributed by atoms with Crippen molar-refractivity contribution in [1.82, 2.24) is 10.9 Å². The van der Waals surface area contributed by atoms with Crippen molar-refractivity contribution in [2.24, 2.45) is 10.8 Å². The fourth-order valence-electron chi connectivity index (χ4n) is 1.29. The highest BCUT2D eigenvalue weighted by molar-refractivity contribution is 5.81. The van der Waals surface area contributed by atoms with Crippen LogP contribution in [0.3, 0.4) is 0 Å². The fourth-order valence-corrected chi connectivity index (χ4v) is 1.29. The number of ketones is 1. The highest BCUT2D eigenvalue weighted by Gasteiger charge is 2.35. The van der Waals surface area contributed by atoms with E-state index in [9.17, 15) is 4.79 Å². The standard InChI is InChI=1S/C12H26N2O.2C2H6/c1-9(15)10(14-13-7)8-12(5,6)11(2,3)4;2*1-2/h10,13-14H,8H2,1-7H3;2*1-2H3. The number of hydrazine groups is 1. The molecule has 0 saturated heterocycles. The van der Waals surface area contributed by atoms with Crippen molar-refractivity contribution in [3.05, 3.63) is 0 Å². The lowest BCUT2D eigenvalue weighted by Crippen LogP contribution is -2.47. The predicted molar refractivity (Wildman–Crippen MR) is 87.2 cm³/mol. The third kappa shape index (κ3) is 10.1. The van der Waals surface area contributed by atoms with E-state index in [4.69, 9.17) is 0 Å². The van der Waals surface area contributed by atoms with Crippen LogP contribution >= 0.6 is 0 Å². The second-order valence-electron chi connectivity index (χ2n) is 5.90. The number of hydrogen-bond acceptors (Lipinski definition) is 3. The SMILES string of the molecule is CC.CC.CNNC(CC(C)(C)C(C)(C)C)C(C)=O. The monoisotopic (exact) mass is 274 g/mol. The van der Waals surface area contributed by atoms with Crippen LogP contribution in [-0.2, 0) is 4.79 Å². The van der Waals surface area contributed by atoms with Gasteiger partial charge in [0.2, 0.25) is 0 Å². The maximum Gasteiger partial charge on any atom is 0.148 e. The van der Waals surface area contributed by atoms with Crippen LogP contribution in [0.5, 0.6) is 0 Å². The van der Waals surface area contributed by atoms with Crippen LogP contribution in [0, 0.1) is 10.8 Å². The molecule has 118 valence electrons. The molecule has 0 saturated carbocycles. The summed E-state index contributed by atoms with van der Waals surface area (Å²) in [6.45, 7) is 20.7. The van der Waals surface area contributed by atoms with E-state index in [2.05, 4.69) is 45.5 Å². The highest BCUT2D eigenvalue weighted by atomic mass is 16.1. The molecule has 3 heteroatoms. The molecule has 0 aliphatic carbocycles. The summed E-state index contributed by atoms with van der Waals surface area (Å²) >= 11 is 0. The first kappa shape index (κ1) is 23.7. The number of Topliss-reactive ketones (excluding diaryl/α,β-unsaturated/α-hetero) is 1. The average Bonchev–Trinajstić information content (AvgIpc) is 2.32. The van der Waals surface area contributed by atoms with Gasteiger partial charge in [0.25, 0.3) is 0 Å². The largest absolute Gasteiger partial charge is 0.298 e. The molecule has 2 N–H and O–H groups in total. The molecule has 0 aliphatic rings. The first-order valence-corrected chi connectivity index (χ1v) is 7.54. The molecular weight excluding hydrogens is 236 g/mol. The molecule has 1 atom stereocenters. The first-order valence-electron chi connectivity index (χ1n) is 7.54. The van der Waals surface area contributed by atoms with Gasteiger partial charge in [0.15, 0.2) is 0 Å². The Morgan fingerprint density at radius 1 is 1.00 bits per heavy atom. The number of nitrogens with one attached hydrogen (secondary N) is 2. The Hall–Kier alpha value is -0.410. The third-order valence-corrected chi connectivity index (χ3v) is 3.55. The number of rotatable bonds is 5. The molecule has 0 bridgehead atoms. The van der Waals surface area contributed by atoms with Crippen LogP contribution in [0.2, 0.25) is 0 Å². The Labute approximate surface area is 121 Å². The summed E-state index contributed by atoms with van der Waals surface area (Å²) in [6, 6.07) is -0.107. The normalized spacial score (nSPS) is 12.6. The maximum atomic E-state index is 11.4. The Morgan fingerprint density at radius 2 is 1.37 bits per heavy atom. The number of carbonyl (C=O) groups excluding carboxylic acids is 1. The first-order chi connectivity index (χ1) is 8.62. The molecular formula is C16H38N2O. The zero-order chi connectivity index (χ0) is 16.3. The summed E-state index contributed by atoms with van der Waals surface area (Å²) in [7, 11) is 1.79. The van der Waals surface area contributed by atoms with Gasteiger partial charge in [-0.15, -0.1) is 0 Å². The molecule has 0 amide bonds. The Bertz CT molecular complexity index is 217. The van der Waals surface area contributed by atoms with Crippen molar-refractivity contribution in [2.45, 2.75) is 81.7 Å². The Morgan fingerprint density at radius 3 is 1.58 bits per heavy atom. The predicted octanol–water partition coefficient (Wildman–Crippen LogP) is 4.18. The fraction of sp³-hybridized carbons (Fsp3) is 0.938. The summed E-state index contributed by atoms with van der Waals surface area (Å²) in [6.07, 6.45) is 0.840. The summed E-state index contributed by atoms with van der Waals surface area (Å²) < 4.78 is 0. The van der Waals surface area contributed by atoms with Gasteiger partial charge in [-0.1, -0.05) is 62.3 Å². The van der Waals surface area contributed by atoms with Gasteiger partial charge < -0.3 is 0 Å². The minimum Gasteiger partial charge on any atom is -0.298 e. The van der Waals surface area contributed by atoms with Crippen LogP contribution in [0.4, 0.5) is 0 Å². The molecule has 1 unspecified atom stereocenters. The van der Waals surface area contributed by atoms with Crippen LogP contribution in [0.1, 0.15) is 75.7 Å². The van der Waals surface area contributed by atoms with Crippen LogP contribution in [-0.4, -0.2) is 18.9 Å². The van der Waals surface area contributed by atoms with E-state index >= 15 is 0 Å². The van der Waals surface area contributed by atoms with Crippen molar-refractivity contribution >= 4 is 5.78 Å². The van der Waals surface area contributed by atoms with E-state index in [1.807, 2.05) is 27.7 Å². The quantitative estimate of drug-likeness (QED) is 0.739. The van der Waals surface area contributed by atoms with E-state index in [0.717, 1.165) is 6.42 Å². The van der Waals surface area contributed by atoms with Crippen molar-refractivity contribution in [3.63, 3.8) is 0 Å². The highest BCUT2D eigenvalue weighted by Crippen LogP contribution is 2.41. The lowest BCUT2D eigenvalue weighted by Gasteiger charge is -2.41. The van der Waals surface area contributed by atoms with Crippen molar-refractivity contribution in [3.8, 4) is 0 Å². The molecule has 0 rings (SSSR count). The van der Waals surface area contributed by atoms with E-state index in [-0.39, 0.29) is 22.7 Å². The van der Waals surface area contributed by atoms with Crippen molar-refractivity contribution in [1.29, 1.82) is 0 Å². The second-order valence-corrected chi connectivity index (χ2v) is 5.90. The molecule has 0 aromatic rings. The molecule has 0 aromatic heterocycles. The molecule has 0 spiro atoms. The van der Waals surface area contributed by atoms with Gasteiger partial charge in [-0.25, -0.2) is 5.43 Å². The van der Waals surface area contributed by atoms with Crippen LogP contribution in [0.25, 0.3) is 0 Å². The molecule has 0 fully saturated rings. The smallest absolute Gasteiger partial charge is 0.148 e. The van der Waals surface area contributed by atoms with Crippen molar-refractivity contribution < 1.29 is 4.79 Å². The lowest BCUT2D eigenvalue weighted by molar-refractivity contribution is -0.120. The number of carbonyl (C=O) groups is 1. The Balaban J connectivity index is -0.000000579. The van der Waals surface area contributed by atoms with Gasteiger partial charge in [-0.3, -0.25) is 10.2 Å². The summed E-state index contributed by atoms with van der Waals surface area (Å²) in [5.74, 6) is 0.182. The number of hydrogen-bond donors (Lipinski definition) is 2. The molecule has 0 aliphatic heterocycles. The van der Waals surface area contributed by atoms with E-state index < -0.39 is 0 Å². The van der Waals surface area contributed by atoms with E-state index in [1.54, 1.807) is 14.0 Å². The molecule has 3 nitrogen and oxygen atoms in total. The summed E-state index contributed by atoms with van der Waals surface area (Å²) in [5.41, 5.74) is 6.17. The molecule has 0 heterocycles. The minimum absolute atomic E-state index is 0.107. The zero-order valence-electron chi connectivity index (χ0n) is 15.2. The zero-order valence-corrected chi connectivity index (χ0v) is 15.2. The lowest BCUT2D eigenvalue weighted by atomic mass is 9.66. The van der Waals surface area contributed by atoms with Gasteiger partial charge >= 0.3 is 0 Å². The third-order valence-electron chi connectivity index (χ3n) is 3.55. The topological polar surface area (TPSA) is 41.1 Å². The molecule has 0 radical (unpaired) electrons. The maximum absolute atomic E-state index is 11.4. The van der Waals surface area contributed by atoms with Gasteiger partial charge in [0.05, 0.1) is 6.04 Å². The average molecular weight is 274 g/mol. The van der Waals surface area contributed by atoms with Gasteiger partial charge in [-0.2, -0.15) is 0 Å². The van der Waals surface area contributed by atoms with Crippen molar-refractivity contribution in [2.75, 3.05) is 7.05 Å².